The van der Waals surface area contributed by atoms with Crippen molar-refractivity contribution in [2.24, 2.45) is 0 Å². The predicted molar refractivity (Wildman–Crippen MR) is 83.5 cm³/mol. The van der Waals surface area contributed by atoms with Gasteiger partial charge in [0.2, 0.25) is 11.8 Å². The summed E-state index contributed by atoms with van der Waals surface area (Å²) >= 11 is 0. The van der Waals surface area contributed by atoms with Crippen LogP contribution in [0.1, 0.15) is 44.1 Å². The molecular weight excluding hydrogens is 321 g/mol. The number of alkyl halides is 3. The van der Waals surface area contributed by atoms with Gasteiger partial charge in [0.05, 0.1) is 5.56 Å². The smallest absolute Gasteiger partial charge is 0.417 e. The van der Waals surface area contributed by atoms with E-state index in [1.54, 1.807) is 6.08 Å². The van der Waals surface area contributed by atoms with Crippen molar-refractivity contribution in [2.75, 3.05) is 0 Å². The lowest BCUT2D eigenvalue weighted by Crippen LogP contribution is -2.39. The maximum absolute atomic E-state index is 12.5. The first-order chi connectivity index (χ1) is 11.4. The Morgan fingerprint density at radius 3 is 2.58 bits per heavy atom. The Morgan fingerprint density at radius 2 is 2.04 bits per heavy atom. The first kappa shape index (κ1) is 18.3. The summed E-state index contributed by atoms with van der Waals surface area (Å²) in [5.74, 6) is 0.213. The second-order valence-corrected chi connectivity index (χ2v) is 5.87. The first-order valence-electron chi connectivity index (χ1n) is 7.98. The topological polar surface area (TPSA) is 51.2 Å². The number of carbonyl (C=O) groups excluding carboxylic acids is 1. The maximum atomic E-state index is 12.5. The minimum atomic E-state index is -4.40. The molecule has 0 spiro atoms. The molecule has 1 amide bonds. The van der Waals surface area contributed by atoms with Gasteiger partial charge in [0.15, 0.2) is 0 Å². The van der Waals surface area contributed by atoms with E-state index in [-0.39, 0.29) is 23.9 Å². The van der Waals surface area contributed by atoms with Crippen molar-refractivity contribution in [3.05, 3.63) is 36.5 Å². The maximum Gasteiger partial charge on any atom is 0.417 e. The molecule has 0 bridgehead atoms. The van der Waals surface area contributed by atoms with Gasteiger partial charge in [-0.05, 0) is 38.2 Å². The van der Waals surface area contributed by atoms with E-state index in [2.05, 4.69) is 16.9 Å². The van der Waals surface area contributed by atoms with Gasteiger partial charge in [-0.3, -0.25) is 4.79 Å². The Balaban J connectivity index is 1.76. The molecule has 2 rings (SSSR count). The van der Waals surface area contributed by atoms with Crippen molar-refractivity contribution in [2.45, 2.75) is 56.8 Å². The lowest BCUT2D eigenvalue weighted by molar-refractivity contribution is -0.137. The van der Waals surface area contributed by atoms with Crippen LogP contribution in [0.4, 0.5) is 13.2 Å². The zero-order valence-corrected chi connectivity index (χ0v) is 13.3. The SMILES string of the molecule is C=CCCC(=O)NC1CCC(Oc2ccc(C(F)(F)F)cn2)CC1. The molecule has 1 aliphatic rings. The van der Waals surface area contributed by atoms with Gasteiger partial charge < -0.3 is 10.1 Å². The molecule has 0 aromatic carbocycles. The quantitative estimate of drug-likeness (QED) is 0.799. The van der Waals surface area contributed by atoms with Crippen LogP contribution in [0.5, 0.6) is 5.88 Å². The number of nitrogens with zero attached hydrogens (tertiary/aromatic N) is 1. The summed E-state index contributed by atoms with van der Waals surface area (Å²) < 4.78 is 43.1. The molecule has 0 unspecified atom stereocenters. The monoisotopic (exact) mass is 342 g/mol. The highest BCUT2D eigenvalue weighted by Gasteiger charge is 2.31. The number of carbonyl (C=O) groups is 1. The molecule has 0 atom stereocenters. The van der Waals surface area contributed by atoms with Gasteiger partial charge in [-0.25, -0.2) is 4.98 Å². The molecule has 132 valence electrons. The third kappa shape index (κ3) is 5.54. The predicted octanol–water partition coefficient (Wildman–Crippen LogP) is 3.87. The van der Waals surface area contributed by atoms with Crippen molar-refractivity contribution in [1.82, 2.24) is 10.3 Å². The molecule has 1 aromatic heterocycles. The normalized spacial score (nSPS) is 21.1. The van der Waals surface area contributed by atoms with Crippen LogP contribution < -0.4 is 10.1 Å². The van der Waals surface area contributed by atoms with Crippen LogP contribution in [-0.4, -0.2) is 23.0 Å². The summed E-state index contributed by atoms with van der Waals surface area (Å²) in [6.45, 7) is 3.58. The second-order valence-electron chi connectivity index (χ2n) is 5.87. The van der Waals surface area contributed by atoms with E-state index in [9.17, 15) is 18.0 Å². The summed E-state index contributed by atoms with van der Waals surface area (Å²) in [5.41, 5.74) is -0.791. The lowest BCUT2D eigenvalue weighted by atomic mass is 9.93. The minimum Gasteiger partial charge on any atom is -0.474 e. The molecule has 0 aliphatic heterocycles. The molecular formula is C17H21F3N2O2. The molecule has 1 heterocycles. The van der Waals surface area contributed by atoms with Gasteiger partial charge in [-0.15, -0.1) is 6.58 Å². The van der Waals surface area contributed by atoms with E-state index >= 15 is 0 Å². The van der Waals surface area contributed by atoms with E-state index < -0.39 is 11.7 Å². The van der Waals surface area contributed by atoms with Gasteiger partial charge in [0.25, 0.3) is 0 Å². The second kappa shape index (κ2) is 8.17. The molecule has 7 heteroatoms. The van der Waals surface area contributed by atoms with Gasteiger partial charge in [0.1, 0.15) is 6.10 Å². The molecule has 1 saturated carbocycles. The summed E-state index contributed by atoms with van der Waals surface area (Å²) in [5, 5.41) is 2.98. The van der Waals surface area contributed by atoms with Crippen LogP contribution in [0.2, 0.25) is 0 Å². The number of nitrogens with one attached hydrogen (secondary N) is 1. The average Bonchev–Trinajstić information content (AvgIpc) is 2.54. The van der Waals surface area contributed by atoms with Crippen LogP contribution in [0, 0.1) is 0 Å². The van der Waals surface area contributed by atoms with Gasteiger partial charge in [-0.2, -0.15) is 13.2 Å². The van der Waals surface area contributed by atoms with Crippen LogP contribution in [0.3, 0.4) is 0 Å². The largest absolute Gasteiger partial charge is 0.474 e. The fourth-order valence-electron chi connectivity index (χ4n) is 2.65. The average molecular weight is 342 g/mol. The number of hydrogen-bond donors (Lipinski definition) is 1. The molecule has 1 aromatic rings. The van der Waals surface area contributed by atoms with E-state index in [1.165, 1.54) is 6.07 Å². The zero-order chi connectivity index (χ0) is 17.6. The van der Waals surface area contributed by atoms with E-state index in [0.717, 1.165) is 37.9 Å². The number of halogens is 3. The number of rotatable bonds is 6. The highest BCUT2D eigenvalue weighted by atomic mass is 19.4. The standard InChI is InChI=1S/C17H21F3N2O2/c1-2-3-4-15(23)22-13-6-8-14(9-7-13)24-16-10-5-12(11-21-16)17(18,19)20/h2,5,10-11,13-14H,1,3-4,6-9H2,(H,22,23). The molecule has 0 radical (unpaired) electrons. The summed E-state index contributed by atoms with van der Waals surface area (Å²) in [6.07, 6.45) is 2.13. The minimum absolute atomic E-state index is 0.0173. The Bertz CT molecular complexity index is 550. The summed E-state index contributed by atoms with van der Waals surface area (Å²) in [6, 6.07) is 2.34. The summed E-state index contributed by atoms with van der Waals surface area (Å²) in [7, 11) is 0. The number of aromatic nitrogens is 1. The van der Waals surface area contributed by atoms with Crippen LogP contribution in [0.15, 0.2) is 31.0 Å². The van der Waals surface area contributed by atoms with Crippen LogP contribution in [0.25, 0.3) is 0 Å². The van der Waals surface area contributed by atoms with Crippen LogP contribution in [-0.2, 0) is 11.0 Å². The van der Waals surface area contributed by atoms with E-state index in [4.69, 9.17) is 4.74 Å². The lowest BCUT2D eigenvalue weighted by Gasteiger charge is -2.29. The Hall–Kier alpha value is -2.05. The van der Waals surface area contributed by atoms with E-state index in [1.807, 2.05) is 0 Å². The highest BCUT2D eigenvalue weighted by molar-refractivity contribution is 5.76. The Morgan fingerprint density at radius 1 is 1.33 bits per heavy atom. The first-order valence-corrected chi connectivity index (χ1v) is 7.98. The third-order valence-corrected chi connectivity index (χ3v) is 3.97. The number of ether oxygens (including phenoxy) is 1. The zero-order valence-electron chi connectivity index (χ0n) is 13.3. The third-order valence-electron chi connectivity index (χ3n) is 3.97. The molecule has 4 nitrogen and oxygen atoms in total. The Labute approximate surface area is 139 Å². The van der Waals surface area contributed by atoms with Crippen LogP contribution >= 0.6 is 0 Å². The van der Waals surface area contributed by atoms with Crippen molar-refractivity contribution in [1.29, 1.82) is 0 Å². The van der Waals surface area contributed by atoms with Crippen molar-refractivity contribution in [3.63, 3.8) is 0 Å². The fourth-order valence-corrected chi connectivity index (χ4v) is 2.65. The molecule has 24 heavy (non-hydrogen) atoms. The number of hydrogen-bond acceptors (Lipinski definition) is 3. The number of pyridine rings is 1. The van der Waals surface area contributed by atoms with Gasteiger partial charge in [-0.1, -0.05) is 6.08 Å². The number of allylic oxidation sites excluding steroid dienone is 1. The molecule has 1 fully saturated rings. The van der Waals surface area contributed by atoms with E-state index in [0.29, 0.717) is 12.8 Å². The summed E-state index contributed by atoms with van der Waals surface area (Å²) in [4.78, 5) is 15.4. The fraction of sp³-hybridized carbons (Fsp3) is 0.529. The van der Waals surface area contributed by atoms with Crippen molar-refractivity contribution in [3.8, 4) is 5.88 Å². The van der Waals surface area contributed by atoms with Crippen molar-refractivity contribution >= 4 is 5.91 Å². The molecule has 1 N–H and O–H groups in total. The molecule has 0 saturated heterocycles. The highest BCUT2D eigenvalue weighted by Crippen LogP contribution is 2.30. The van der Waals surface area contributed by atoms with Crippen molar-refractivity contribution < 1.29 is 22.7 Å². The number of amides is 1. The van der Waals surface area contributed by atoms with Gasteiger partial charge >= 0.3 is 6.18 Å². The van der Waals surface area contributed by atoms with Gasteiger partial charge in [0, 0.05) is 24.7 Å². The Kier molecular flexibility index (Phi) is 6.23. The molecule has 1 aliphatic carbocycles.